The molecule has 8 nitrogen and oxygen atoms in total. The molecule has 3 fully saturated rings. The predicted molar refractivity (Wildman–Crippen MR) is 102 cm³/mol. The molecular formula is C19H30N6O2. The molecule has 0 unspecified atom stereocenters. The van der Waals surface area contributed by atoms with Gasteiger partial charge < -0.3 is 10.6 Å². The lowest BCUT2D eigenvalue weighted by molar-refractivity contribution is -0.123. The molecule has 2 N–H and O–H groups in total. The van der Waals surface area contributed by atoms with Crippen LogP contribution in [-0.4, -0.2) is 76.7 Å². The molecule has 2 heterocycles. The van der Waals surface area contributed by atoms with E-state index in [9.17, 15) is 9.59 Å². The molecule has 0 atom stereocenters. The fourth-order valence-electron chi connectivity index (χ4n) is 4.05. The number of carbonyl (C=O) groups is 2. The molecule has 8 heteroatoms. The maximum absolute atomic E-state index is 12.5. The van der Waals surface area contributed by atoms with Gasteiger partial charge in [0.2, 0.25) is 11.8 Å². The molecule has 0 bridgehead atoms. The second-order valence-corrected chi connectivity index (χ2v) is 8.04. The van der Waals surface area contributed by atoms with Crippen molar-refractivity contribution >= 4 is 17.6 Å². The van der Waals surface area contributed by atoms with E-state index in [4.69, 9.17) is 0 Å². The Morgan fingerprint density at radius 2 is 1.59 bits per heavy atom. The Bertz CT molecular complexity index is 657. The van der Waals surface area contributed by atoms with Gasteiger partial charge in [0.05, 0.1) is 25.3 Å². The van der Waals surface area contributed by atoms with Gasteiger partial charge in [-0.15, -0.1) is 0 Å². The van der Waals surface area contributed by atoms with Crippen LogP contribution in [0.5, 0.6) is 0 Å². The molecule has 0 aromatic carbocycles. The van der Waals surface area contributed by atoms with Crippen LogP contribution in [0.15, 0.2) is 12.3 Å². The molecule has 1 aromatic heterocycles. The number of anilines is 1. The highest BCUT2D eigenvalue weighted by molar-refractivity contribution is 5.91. The lowest BCUT2D eigenvalue weighted by atomic mass is 10.2. The smallest absolute Gasteiger partial charge is 0.239 e. The SMILES string of the molecule is O=C(CN1CCN(CC(=O)NC2CC2)CC1)Nc1ccnn1C1CCCC1. The summed E-state index contributed by atoms with van der Waals surface area (Å²) in [6.07, 6.45) is 8.76. The molecule has 0 radical (unpaired) electrons. The molecular weight excluding hydrogens is 344 g/mol. The van der Waals surface area contributed by atoms with Gasteiger partial charge in [-0.05, 0) is 25.7 Å². The number of nitrogens with one attached hydrogen (secondary N) is 2. The lowest BCUT2D eigenvalue weighted by Crippen LogP contribution is -2.51. The van der Waals surface area contributed by atoms with Crippen LogP contribution in [0, 0.1) is 0 Å². The summed E-state index contributed by atoms with van der Waals surface area (Å²) in [6.45, 7) is 4.13. The van der Waals surface area contributed by atoms with Crippen LogP contribution >= 0.6 is 0 Å². The average Bonchev–Trinajstić information content (AvgIpc) is 3.10. The Morgan fingerprint density at radius 3 is 2.22 bits per heavy atom. The first-order valence-electron chi connectivity index (χ1n) is 10.2. The summed E-state index contributed by atoms with van der Waals surface area (Å²) in [5.74, 6) is 0.945. The normalized spacial score (nSPS) is 22.1. The van der Waals surface area contributed by atoms with Gasteiger partial charge in [0.25, 0.3) is 0 Å². The Morgan fingerprint density at radius 1 is 0.963 bits per heavy atom. The molecule has 0 spiro atoms. The van der Waals surface area contributed by atoms with E-state index >= 15 is 0 Å². The first kappa shape index (κ1) is 18.4. The molecule has 27 heavy (non-hydrogen) atoms. The Balaban J connectivity index is 1.19. The van der Waals surface area contributed by atoms with E-state index in [0.717, 1.165) is 57.7 Å². The summed E-state index contributed by atoms with van der Waals surface area (Å²) >= 11 is 0. The number of aromatic nitrogens is 2. The van der Waals surface area contributed by atoms with Crippen molar-refractivity contribution in [1.82, 2.24) is 24.9 Å². The summed E-state index contributed by atoms with van der Waals surface area (Å²) in [7, 11) is 0. The van der Waals surface area contributed by atoms with Crippen molar-refractivity contribution in [3.05, 3.63) is 12.3 Å². The zero-order valence-corrected chi connectivity index (χ0v) is 15.9. The number of piperazine rings is 1. The zero-order valence-electron chi connectivity index (χ0n) is 15.9. The Hall–Kier alpha value is -1.93. The van der Waals surface area contributed by atoms with Crippen LogP contribution in [-0.2, 0) is 9.59 Å². The molecule has 1 aromatic rings. The standard InChI is InChI=1S/C19H30N6O2/c26-18(21-15-5-6-15)13-23-9-11-24(12-10-23)14-19(27)22-17-7-8-20-25(17)16-3-1-2-4-16/h7-8,15-16H,1-6,9-14H2,(H,21,26)(H,22,27). The molecule has 1 aliphatic heterocycles. The van der Waals surface area contributed by atoms with Gasteiger partial charge in [0.1, 0.15) is 5.82 Å². The summed E-state index contributed by atoms with van der Waals surface area (Å²) in [5, 5.41) is 10.5. The highest BCUT2D eigenvalue weighted by atomic mass is 16.2. The average molecular weight is 374 g/mol. The fourth-order valence-corrected chi connectivity index (χ4v) is 4.05. The number of hydrogen-bond acceptors (Lipinski definition) is 5. The van der Waals surface area contributed by atoms with Crippen molar-refractivity contribution in [1.29, 1.82) is 0 Å². The number of hydrogen-bond donors (Lipinski definition) is 2. The van der Waals surface area contributed by atoms with E-state index in [1.807, 2.05) is 10.7 Å². The van der Waals surface area contributed by atoms with E-state index in [2.05, 4.69) is 25.5 Å². The number of carbonyl (C=O) groups excluding carboxylic acids is 2. The van der Waals surface area contributed by atoms with E-state index in [1.165, 1.54) is 12.8 Å². The minimum Gasteiger partial charge on any atom is -0.352 e. The van der Waals surface area contributed by atoms with Gasteiger partial charge in [-0.1, -0.05) is 12.8 Å². The third-order valence-corrected chi connectivity index (χ3v) is 5.75. The highest BCUT2D eigenvalue weighted by Crippen LogP contribution is 2.31. The first-order chi connectivity index (χ1) is 13.2. The molecule has 3 aliphatic rings. The van der Waals surface area contributed by atoms with Crippen LogP contribution < -0.4 is 10.6 Å². The highest BCUT2D eigenvalue weighted by Gasteiger charge is 2.26. The van der Waals surface area contributed by atoms with Gasteiger partial charge in [-0.3, -0.25) is 19.4 Å². The third kappa shape index (κ3) is 5.07. The van der Waals surface area contributed by atoms with E-state index < -0.39 is 0 Å². The zero-order chi connectivity index (χ0) is 18.6. The maximum atomic E-state index is 12.5. The monoisotopic (exact) mass is 374 g/mol. The third-order valence-electron chi connectivity index (χ3n) is 5.75. The first-order valence-corrected chi connectivity index (χ1v) is 10.2. The van der Waals surface area contributed by atoms with Crippen LogP contribution in [0.3, 0.4) is 0 Å². The minimum absolute atomic E-state index is 0.00896. The molecule has 1 saturated heterocycles. The van der Waals surface area contributed by atoms with Crippen molar-refractivity contribution in [2.24, 2.45) is 0 Å². The molecule has 2 saturated carbocycles. The van der Waals surface area contributed by atoms with Crippen molar-refractivity contribution in [2.75, 3.05) is 44.6 Å². The van der Waals surface area contributed by atoms with Crippen LogP contribution in [0.25, 0.3) is 0 Å². The van der Waals surface area contributed by atoms with E-state index in [1.54, 1.807) is 6.20 Å². The largest absolute Gasteiger partial charge is 0.352 e. The van der Waals surface area contributed by atoms with E-state index in [-0.39, 0.29) is 11.8 Å². The number of rotatable bonds is 7. The summed E-state index contributed by atoms with van der Waals surface area (Å²) in [5.41, 5.74) is 0. The van der Waals surface area contributed by atoms with Gasteiger partial charge >= 0.3 is 0 Å². The summed E-state index contributed by atoms with van der Waals surface area (Å²) in [6, 6.07) is 2.72. The van der Waals surface area contributed by atoms with Gasteiger partial charge in [0.15, 0.2) is 0 Å². The Labute approximate surface area is 160 Å². The van der Waals surface area contributed by atoms with Crippen molar-refractivity contribution in [3.8, 4) is 0 Å². The van der Waals surface area contributed by atoms with Crippen molar-refractivity contribution in [2.45, 2.75) is 50.6 Å². The molecule has 4 rings (SSSR count). The maximum Gasteiger partial charge on any atom is 0.239 e. The second kappa shape index (κ2) is 8.39. The lowest BCUT2D eigenvalue weighted by Gasteiger charge is -2.33. The minimum atomic E-state index is 0.00896. The van der Waals surface area contributed by atoms with Crippen LogP contribution in [0.2, 0.25) is 0 Å². The van der Waals surface area contributed by atoms with Crippen molar-refractivity contribution < 1.29 is 9.59 Å². The quantitative estimate of drug-likeness (QED) is 0.739. The second-order valence-electron chi connectivity index (χ2n) is 8.04. The molecule has 2 amide bonds. The van der Waals surface area contributed by atoms with Crippen molar-refractivity contribution in [3.63, 3.8) is 0 Å². The van der Waals surface area contributed by atoms with E-state index in [0.29, 0.717) is 25.2 Å². The van der Waals surface area contributed by atoms with Gasteiger partial charge in [0, 0.05) is 38.3 Å². The predicted octanol–water partition coefficient (Wildman–Crippen LogP) is 0.833. The van der Waals surface area contributed by atoms with Gasteiger partial charge in [-0.25, -0.2) is 4.68 Å². The number of nitrogens with zero attached hydrogens (tertiary/aromatic N) is 4. The summed E-state index contributed by atoms with van der Waals surface area (Å²) < 4.78 is 1.97. The topological polar surface area (TPSA) is 82.5 Å². The summed E-state index contributed by atoms with van der Waals surface area (Å²) in [4.78, 5) is 28.7. The fraction of sp³-hybridized carbons (Fsp3) is 0.737. The molecule has 2 aliphatic carbocycles. The Kier molecular flexibility index (Phi) is 5.73. The van der Waals surface area contributed by atoms with Crippen LogP contribution in [0.1, 0.15) is 44.6 Å². The molecule has 148 valence electrons. The van der Waals surface area contributed by atoms with Crippen LogP contribution in [0.4, 0.5) is 5.82 Å². The number of amides is 2. The van der Waals surface area contributed by atoms with Gasteiger partial charge in [-0.2, -0.15) is 5.10 Å².